The van der Waals surface area contributed by atoms with Crippen LogP contribution in [-0.4, -0.2) is 79.6 Å². The number of amides is 2. The van der Waals surface area contributed by atoms with Crippen molar-refractivity contribution < 1.29 is 14.3 Å². The predicted molar refractivity (Wildman–Crippen MR) is 111 cm³/mol. The molecule has 29 heavy (non-hydrogen) atoms. The van der Waals surface area contributed by atoms with Crippen molar-refractivity contribution in [2.45, 2.75) is 6.04 Å². The minimum atomic E-state index is -0.248. The number of rotatable bonds is 4. The monoisotopic (exact) mass is 395 g/mol. The van der Waals surface area contributed by atoms with Crippen LogP contribution in [0.3, 0.4) is 0 Å². The van der Waals surface area contributed by atoms with Gasteiger partial charge >= 0.3 is 0 Å². The molecule has 2 amide bonds. The summed E-state index contributed by atoms with van der Waals surface area (Å²) in [5, 5.41) is 2.87. The standard InChI is InChI=1S/C21H25N5O3/c1-24(2)12-15-14-29-11-10-25(15)13-19(27)26-18-8-4-3-6-16(18)21(28)23-17-7-5-9-22-20(17)26/h3-9,15H,10-14H2,1-2H3,(H,23,28). The van der Waals surface area contributed by atoms with E-state index < -0.39 is 0 Å². The van der Waals surface area contributed by atoms with Gasteiger partial charge in [0.05, 0.1) is 36.7 Å². The van der Waals surface area contributed by atoms with E-state index >= 15 is 0 Å². The van der Waals surface area contributed by atoms with Crippen LogP contribution < -0.4 is 10.2 Å². The summed E-state index contributed by atoms with van der Waals surface area (Å²) in [4.78, 5) is 36.4. The summed E-state index contributed by atoms with van der Waals surface area (Å²) in [5.74, 6) is 0.0646. The van der Waals surface area contributed by atoms with Crippen molar-refractivity contribution >= 4 is 29.0 Å². The molecule has 8 heteroatoms. The molecule has 8 nitrogen and oxygen atoms in total. The van der Waals surface area contributed by atoms with E-state index in [0.717, 1.165) is 6.54 Å². The van der Waals surface area contributed by atoms with Gasteiger partial charge in [-0.15, -0.1) is 0 Å². The first-order valence-corrected chi connectivity index (χ1v) is 9.69. The largest absolute Gasteiger partial charge is 0.378 e. The zero-order valence-corrected chi connectivity index (χ0v) is 16.7. The molecule has 1 unspecified atom stereocenters. The van der Waals surface area contributed by atoms with Gasteiger partial charge in [-0.1, -0.05) is 12.1 Å². The maximum atomic E-state index is 13.5. The third kappa shape index (κ3) is 4.00. The van der Waals surface area contributed by atoms with Crippen LogP contribution in [0.1, 0.15) is 10.4 Å². The fourth-order valence-electron chi connectivity index (χ4n) is 3.82. The minimum absolute atomic E-state index is 0.125. The van der Waals surface area contributed by atoms with Gasteiger partial charge in [-0.2, -0.15) is 0 Å². The number of likely N-dealkylation sites (N-methyl/N-ethyl adjacent to an activating group) is 1. The van der Waals surface area contributed by atoms with Crippen LogP contribution in [0.5, 0.6) is 0 Å². The minimum Gasteiger partial charge on any atom is -0.378 e. The number of fused-ring (bicyclic) bond motifs is 2. The van der Waals surface area contributed by atoms with Gasteiger partial charge in [0.15, 0.2) is 5.82 Å². The van der Waals surface area contributed by atoms with Crippen molar-refractivity contribution in [1.82, 2.24) is 14.8 Å². The summed E-state index contributed by atoms with van der Waals surface area (Å²) in [6.45, 7) is 2.91. The summed E-state index contributed by atoms with van der Waals surface area (Å²) < 4.78 is 5.63. The number of hydrogen-bond acceptors (Lipinski definition) is 6. The molecular formula is C21H25N5O3. The number of hydrogen-bond donors (Lipinski definition) is 1. The molecule has 0 bridgehead atoms. The number of aromatic nitrogens is 1. The van der Waals surface area contributed by atoms with Crippen LogP contribution in [0.15, 0.2) is 42.6 Å². The number of nitrogens with one attached hydrogen (secondary N) is 1. The van der Waals surface area contributed by atoms with Crippen LogP contribution >= 0.6 is 0 Å². The molecule has 2 aromatic rings. The number of carbonyl (C=O) groups is 2. The van der Waals surface area contributed by atoms with E-state index in [-0.39, 0.29) is 24.4 Å². The van der Waals surface area contributed by atoms with E-state index in [2.05, 4.69) is 20.1 Å². The highest BCUT2D eigenvalue weighted by molar-refractivity contribution is 6.17. The van der Waals surface area contributed by atoms with Gasteiger partial charge in [0.25, 0.3) is 5.91 Å². The molecule has 1 aromatic heterocycles. The van der Waals surface area contributed by atoms with E-state index in [1.807, 2.05) is 20.2 Å². The second-order valence-corrected chi connectivity index (χ2v) is 7.54. The van der Waals surface area contributed by atoms with Crippen LogP contribution in [-0.2, 0) is 9.53 Å². The van der Waals surface area contributed by atoms with Gasteiger partial charge in [-0.05, 0) is 38.4 Å². The van der Waals surface area contributed by atoms with E-state index in [1.165, 1.54) is 0 Å². The Kier molecular flexibility index (Phi) is 5.57. The molecular weight excluding hydrogens is 370 g/mol. The summed E-state index contributed by atoms with van der Waals surface area (Å²) in [7, 11) is 4.02. The Hall–Kier alpha value is -2.81. The molecule has 0 aliphatic carbocycles. The number of carbonyl (C=O) groups excluding carboxylic acids is 2. The van der Waals surface area contributed by atoms with Crippen molar-refractivity contribution in [3.8, 4) is 0 Å². The average molecular weight is 395 g/mol. The summed E-state index contributed by atoms with van der Waals surface area (Å²) >= 11 is 0. The molecule has 0 spiro atoms. The molecule has 0 saturated carbocycles. The Morgan fingerprint density at radius 1 is 1.28 bits per heavy atom. The van der Waals surface area contributed by atoms with Gasteiger partial charge in [-0.3, -0.25) is 19.4 Å². The number of anilines is 3. The zero-order valence-electron chi connectivity index (χ0n) is 16.7. The highest BCUT2D eigenvalue weighted by atomic mass is 16.5. The molecule has 0 radical (unpaired) electrons. The fraction of sp³-hybridized carbons (Fsp3) is 0.381. The third-order valence-corrected chi connectivity index (χ3v) is 5.15. The van der Waals surface area contributed by atoms with Gasteiger partial charge < -0.3 is 15.0 Å². The number of para-hydroxylation sites is 1. The maximum Gasteiger partial charge on any atom is 0.257 e. The van der Waals surface area contributed by atoms with Crippen molar-refractivity contribution in [3.05, 3.63) is 48.2 Å². The van der Waals surface area contributed by atoms with Crippen LogP contribution in [0.25, 0.3) is 0 Å². The van der Waals surface area contributed by atoms with Gasteiger partial charge in [-0.25, -0.2) is 4.98 Å². The molecule has 1 atom stereocenters. The first-order chi connectivity index (χ1) is 14.0. The smallest absolute Gasteiger partial charge is 0.257 e. The topological polar surface area (TPSA) is 78.0 Å². The van der Waals surface area contributed by atoms with Gasteiger partial charge in [0, 0.05) is 25.3 Å². The van der Waals surface area contributed by atoms with E-state index in [0.29, 0.717) is 42.5 Å². The molecule has 2 aliphatic heterocycles. The molecule has 2 aliphatic rings. The Morgan fingerprint density at radius 3 is 2.93 bits per heavy atom. The number of nitrogens with zero attached hydrogens (tertiary/aromatic N) is 4. The van der Waals surface area contributed by atoms with Crippen LogP contribution in [0, 0.1) is 0 Å². The maximum absolute atomic E-state index is 13.5. The fourth-order valence-corrected chi connectivity index (χ4v) is 3.82. The predicted octanol–water partition coefficient (Wildman–Crippen LogP) is 1.57. The normalized spacial score (nSPS) is 19.3. The Morgan fingerprint density at radius 2 is 2.10 bits per heavy atom. The summed E-state index contributed by atoms with van der Waals surface area (Å²) in [5.41, 5.74) is 1.52. The lowest BCUT2D eigenvalue weighted by atomic mass is 10.1. The number of ether oxygens (including phenoxy) is 1. The number of morpholine rings is 1. The molecule has 3 heterocycles. The summed E-state index contributed by atoms with van der Waals surface area (Å²) in [6.07, 6.45) is 1.63. The van der Waals surface area contributed by atoms with E-state index in [4.69, 9.17) is 4.74 Å². The number of pyridine rings is 1. The molecule has 4 rings (SSSR count). The number of benzene rings is 1. The van der Waals surface area contributed by atoms with Gasteiger partial charge in [0.1, 0.15) is 0 Å². The highest BCUT2D eigenvalue weighted by Gasteiger charge is 2.33. The Balaban J connectivity index is 1.69. The summed E-state index contributed by atoms with van der Waals surface area (Å²) in [6, 6.07) is 10.8. The lowest BCUT2D eigenvalue weighted by molar-refractivity contribution is -0.121. The SMILES string of the molecule is CN(C)CC1COCCN1CC(=O)N1c2ccccc2C(=O)Nc2cccnc21. The van der Waals surface area contributed by atoms with E-state index in [1.54, 1.807) is 41.4 Å². The third-order valence-electron chi connectivity index (χ3n) is 5.15. The average Bonchev–Trinajstić information content (AvgIpc) is 2.83. The van der Waals surface area contributed by atoms with Crippen LogP contribution in [0.2, 0.25) is 0 Å². The first kappa shape index (κ1) is 19.5. The van der Waals surface area contributed by atoms with Crippen molar-refractivity contribution in [2.75, 3.05) is 57.2 Å². The quantitative estimate of drug-likeness (QED) is 0.847. The molecule has 1 fully saturated rings. The van der Waals surface area contributed by atoms with Gasteiger partial charge in [0.2, 0.25) is 5.91 Å². The molecule has 1 N–H and O–H groups in total. The Labute approximate surface area is 170 Å². The lowest BCUT2D eigenvalue weighted by Gasteiger charge is -2.37. The molecule has 152 valence electrons. The van der Waals surface area contributed by atoms with Crippen molar-refractivity contribution in [1.29, 1.82) is 0 Å². The zero-order chi connectivity index (χ0) is 20.4. The molecule has 1 saturated heterocycles. The highest BCUT2D eigenvalue weighted by Crippen LogP contribution is 2.36. The van der Waals surface area contributed by atoms with Crippen LogP contribution in [0.4, 0.5) is 17.2 Å². The van der Waals surface area contributed by atoms with Crippen molar-refractivity contribution in [2.24, 2.45) is 0 Å². The second-order valence-electron chi connectivity index (χ2n) is 7.54. The first-order valence-electron chi connectivity index (χ1n) is 9.69. The molecule has 1 aromatic carbocycles. The lowest BCUT2D eigenvalue weighted by Crippen LogP contribution is -2.53. The van der Waals surface area contributed by atoms with E-state index in [9.17, 15) is 9.59 Å². The van der Waals surface area contributed by atoms with Crippen molar-refractivity contribution in [3.63, 3.8) is 0 Å². The Bertz CT molecular complexity index is 917. The second kappa shape index (κ2) is 8.28.